The van der Waals surface area contributed by atoms with Gasteiger partial charge in [-0.2, -0.15) is 0 Å². The van der Waals surface area contributed by atoms with E-state index in [1.165, 1.54) is 225 Å². The number of fused-ring (bicyclic) bond motifs is 22. The van der Waals surface area contributed by atoms with Gasteiger partial charge >= 0.3 is 7.12 Å². The molecular formula is C104H91BIO3PS2. The summed E-state index contributed by atoms with van der Waals surface area (Å²) in [6.07, 6.45) is 14.4. The molecule has 0 radical (unpaired) electrons. The number of aryl methyl sites for hydroxylation is 1. The minimum atomic E-state index is -0.388. The number of thiophene rings is 2. The SMILES string of the molecule is CC1(C)OB(c2ccc3c(c2)-c2ccccc2-c2ccccc2-c2ccccc2-3)OC1(C)C.COc1cccc(C)c1-c1ccccc1P(C1CCCCC1)C1CCCCC1.Ic1cccc2c1sc1ccccc12.c1ccc2c(c1)-c1ccccc1-c1ccc(-c3cccc4c3sc3ccccc34)cc1-c1ccccc1-2. The summed E-state index contributed by atoms with van der Waals surface area (Å²) in [5.74, 6) is 1.02. The molecule has 2 aromatic heterocycles. The molecule has 1 aliphatic heterocycles. The maximum Gasteiger partial charge on any atom is 0.494 e. The molecule has 0 bridgehead atoms. The van der Waals surface area contributed by atoms with Crippen molar-refractivity contribution in [2.45, 2.75) is 121 Å². The van der Waals surface area contributed by atoms with E-state index in [9.17, 15) is 0 Å². The third-order valence-corrected chi connectivity index (χ3v) is 31.6. The predicted molar refractivity (Wildman–Crippen MR) is 493 cm³/mol. The first-order valence-electron chi connectivity index (χ1n) is 40.1. The predicted octanol–water partition coefficient (Wildman–Crippen LogP) is 29.8. The summed E-state index contributed by atoms with van der Waals surface area (Å²) in [5, 5.41) is 7.10. The zero-order valence-electron chi connectivity index (χ0n) is 64.6. The van der Waals surface area contributed by atoms with Crippen LogP contribution in [0.2, 0.25) is 0 Å². The van der Waals surface area contributed by atoms with Crippen LogP contribution in [0.15, 0.2) is 309 Å². The van der Waals surface area contributed by atoms with Crippen molar-refractivity contribution >= 4 is 111 Å². The lowest BCUT2D eigenvalue weighted by atomic mass is 9.74. The van der Waals surface area contributed by atoms with Gasteiger partial charge in [-0.1, -0.05) is 325 Å². The van der Waals surface area contributed by atoms with E-state index in [-0.39, 0.29) is 26.2 Å². The molecule has 5 aliphatic rings. The molecule has 112 heavy (non-hydrogen) atoms. The third kappa shape index (κ3) is 14.0. The lowest BCUT2D eigenvalue weighted by Gasteiger charge is -2.39. The van der Waals surface area contributed by atoms with Crippen LogP contribution < -0.4 is 15.5 Å². The van der Waals surface area contributed by atoms with E-state index in [4.69, 9.17) is 14.0 Å². The van der Waals surface area contributed by atoms with Gasteiger partial charge in [-0.15, -0.1) is 22.7 Å². The zero-order chi connectivity index (χ0) is 76.0. The Morgan fingerprint density at radius 2 is 0.705 bits per heavy atom. The van der Waals surface area contributed by atoms with Gasteiger partial charge in [0.05, 0.1) is 18.3 Å². The molecule has 3 heterocycles. The molecule has 552 valence electrons. The summed E-state index contributed by atoms with van der Waals surface area (Å²) in [5.41, 5.74) is 29.0. The highest BCUT2D eigenvalue weighted by Crippen LogP contribution is 2.58. The van der Waals surface area contributed by atoms with E-state index in [1.54, 1.807) is 5.30 Å². The number of hydrogen-bond donors (Lipinski definition) is 0. The fraction of sp³-hybridized carbons (Fsp3) is 0.192. The quantitative estimate of drug-likeness (QED) is 0.0904. The summed E-state index contributed by atoms with van der Waals surface area (Å²) in [6.45, 7) is 10.6. The molecule has 16 aromatic rings. The number of hydrogen-bond acceptors (Lipinski definition) is 5. The Kier molecular flexibility index (Phi) is 21.0. The van der Waals surface area contributed by atoms with Gasteiger partial charge in [0, 0.05) is 49.5 Å². The molecule has 4 aliphatic carbocycles. The first-order chi connectivity index (χ1) is 54.9. The van der Waals surface area contributed by atoms with E-state index in [1.807, 2.05) is 29.8 Å². The monoisotopic (exact) mass is 1620 g/mol. The van der Waals surface area contributed by atoms with E-state index in [0.29, 0.717) is 0 Å². The van der Waals surface area contributed by atoms with Crippen LogP contribution in [0.5, 0.6) is 5.75 Å². The van der Waals surface area contributed by atoms with Gasteiger partial charge in [0.2, 0.25) is 0 Å². The molecule has 0 N–H and O–H groups in total. The molecule has 3 fully saturated rings. The maximum atomic E-state index is 6.39. The Morgan fingerprint density at radius 1 is 0.348 bits per heavy atom. The van der Waals surface area contributed by atoms with Gasteiger partial charge in [0.25, 0.3) is 0 Å². The largest absolute Gasteiger partial charge is 0.496 e. The van der Waals surface area contributed by atoms with Crippen LogP contribution in [0, 0.1) is 10.5 Å². The van der Waals surface area contributed by atoms with Crippen LogP contribution in [0.25, 0.3) is 152 Å². The minimum absolute atomic E-state index is 0.122. The number of halogens is 1. The van der Waals surface area contributed by atoms with Crippen LogP contribution in [0.4, 0.5) is 0 Å². The standard InChI is InChI=1S/C36H22S.C30H27BO2.C26H35OP.C12H7IS/c1-2-11-26-25(10-1)27-12-3-4-14-29(27)31-21-20-23(22-34(31)30-15-6-5-13-28(26)30)24-17-9-18-33-32-16-7-8-19-35(32)37-36(24)33;1-29(2)30(3,4)33-31(32-29)20-17-18-27-25-15-8-7-13-23(25)21-11-5-6-12-22(21)24-14-9-10-16-26(24)28(27)19-20;1-20-12-11-18-24(27-2)26(20)23-17-9-10-19-25(23)28(21-13-5-3-6-14-21)22-15-7-4-8-16-22;13-10-6-3-5-9-8-4-1-2-7-11(8)14-12(9)10/h1-22H;5-19H,1-4H3;9-12,17-19,21-22H,3-8,13-16H2,1-2H3;1-7H. The molecule has 1 saturated heterocycles. The molecule has 0 atom stereocenters. The Hall–Kier alpha value is -9.54. The van der Waals surface area contributed by atoms with Gasteiger partial charge < -0.3 is 14.0 Å². The van der Waals surface area contributed by atoms with Crippen LogP contribution in [-0.4, -0.2) is 36.7 Å². The smallest absolute Gasteiger partial charge is 0.494 e. The van der Waals surface area contributed by atoms with Gasteiger partial charge in [-0.05, 0) is 247 Å². The van der Waals surface area contributed by atoms with Gasteiger partial charge in [0.1, 0.15) is 5.75 Å². The third-order valence-electron chi connectivity index (χ3n) is 24.4. The second-order valence-corrected chi connectivity index (χ2v) is 37.6. The van der Waals surface area contributed by atoms with E-state index in [2.05, 4.69) is 367 Å². The van der Waals surface area contributed by atoms with Crippen LogP contribution in [0.3, 0.4) is 0 Å². The van der Waals surface area contributed by atoms with Crippen molar-refractivity contribution in [2.75, 3.05) is 7.11 Å². The molecule has 2 saturated carbocycles. The molecule has 0 unspecified atom stereocenters. The highest BCUT2D eigenvalue weighted by molar-refractivity contribution is 14.1. The Bertz CT molecular complexity index is 6150. The van der Waals surface area contributed by atoms with Crippen molar-refractivity contribution in [1.82, 2.24) is 0 Å². The molecular weight excluding hydrogens is 1530 g/mol. The summed E-state index contributed by atoms with van der Waals surface area (Å²) in [7, 11) is 1.30. The second-order valence-electron chi connectivity index (χ2n) is 31.6. The number of rotatable bonds is 7. The summed E-state index contributed by atoms with van der Waals surface area (Å²) >= 11 is 6.18. The van der Waals surface area contributed by atoms with Crippen molar-refractivity contribution in [1.29, 1.82) is 0 Å². The highest BCUT2D eigenvalue weighted by atomic mass is 127. The zero-order valence-corrected chi connectivity index (χ0v) is 69.3. The normalized spacial score (nSPS) is 15.2. The first-order valence-corrected chi connectivity index (χ1v) is 44.3. The lowest BCUT2D eigenvalue weighted by molar-refractivity contribution is 0.00578. The van der Waals surface area contributed by atoms with Crippen molar-refractivity contribution in [3.63, 3.8) is 0 Å². The van der Waals surface area contributed by atoms with Crippen molar-refractivity contribution in [3.05, 3.63) is 319 Å². The van der Waals surface area contributed by atoms with Gasteiger partial charge in [-0.25, -0.2) is 0 Å². The van der Waals surface area contributed by atoms with E-state index >= 15 is 0 Å². The average molecular weight is 1620 g/mol. The summed E-state index contributed by atoms with van der Waals surface area (Å²) < 4.78 is 25.4. The maximum absolute atomic E-state index is 6.39. The molecule has 14 aromatic carbocycles. The second kappa shape index (κ2) is 31.8. The minimum Gasteiger partial charge on any atom is -0.496 e. The molecule has 21 rings (SSSR count). The van der Waals surface area contributed by atoms with Crippen molar-refractivity contribution in [3.8, 4) is 117 Å². The average Bonchev–Trinajstić information content (AvgIpc) is 0.999. The Morgan fingerprint density at radius 3 is 1.18 bits per heavy atom. The summed E-state index contributed by atoms with van der Waals surface area (Å²) in [6, 6.07) is 113. The first kappa shape index (κ1) is 73.9. The van der Waals surface area contributed by atoms with E-state index < -0.39 is 0 Å². The Labute approximate surface area is 683 Å². The highest BCUT2D eigenvalue weighted by Gasteiger charge is 2.52. The van der Waals surface area contributed by atoms with Gasteiger partial charge in [0.15, 0.2) is 0 Å². The van der Waals surface area contributed by atoms with Gasteiger partial charge in [-0.3, -0.25) is 0 Å². The number of methoxy groups -OCH3 is 1. The van der Waals surface area contributed by atoms with Crippen LogP contribution in [0.1, 0.15) is 97.5 Å². The Balaban J connectivity index is 0.000000109. The molecule has 8 heteroatoms. The molecule has 0 spiro atoms. The molecule has 3 nitrogen and oxygen atoms in total. The van der Waals surface area contributed by atoms with Crippen molar-refractivity contribution < 1.29 is 14.0 Å². The van der Waals surface area contributed by atoms with E-state index in [0.717, 1.165) is 22.5 Å². The fourth-order valence-electron chi connectivity index (χ4n) is 18.2. The number of ether oxygens (including phenoxy) is 1. The topological polar surface area (TPSA) is 27.7 Å². The number of benzene rings is 14. The van der Waals surface area contributed by atoms with Crippen molar-refractivity contribution in [2.24, 2.45) is 0 Å². The van der Waals surface area contributed by atoms with Crippen LogP contribution in [-0.2, 0) is 9.31 Å². The van der Waals surface area contributed by atoms with Crippen LogP contribution >= 0.6 is 53.2 Å². The summed E-state index contributed by atoms with van der Waals surface area (Å²) in [4.78, 5) is 0. The molecule has 0 amide bonds. The lowest BCUT2D eigenvalue weighted by Crippen LogP contribution is -2.41. The fourth-order valence-corrected chi connectivity index (χ4v) is 25.3.